The Labute approximate surface area is 155 Å². The van der Waals surface area contributed by atoms with E-state index in [2.05, 4.69) is 8.92 Å². The quantitative estimate of drug-likeness (QED) is 0.221. The van der Waals surface area contributed by atoms with E-state index >= 15 is 0 Å². The first-order valence-corrected chi connectivity index (χ1v) is 7.30. The molecular formula is C12H15NaO9S. The molecule has 0 saturated carbocycles. The van der Waals surface area contributed by atoms with Gasteiger partial charge in [0.2, 0.25) is 0 Å². The number of esters is 1. The molecule has 23 heavy (non-hydrogen) atoms. The van der Waals surface area contributed by atoms with E-state index in [0.29, 0.717) is 0 Å². The number of benzene rings is 1. The molecule has 0 saturated heterocycles. The van der Waals surface area contributed by atoms with Gasteiger partial charge in [0.1, 0.15) is 0 Å². The Bertz CT molecular complexity index is 688. The van der Waals surface area contributed by atoms with Crippen molar-refractivity contribution in [2.75, 3.05) is 0 Å². The third-order valence-electron chi connectivity index (χ3n) is 2.42. The monoisotopic (exact) mass is 358 g/mol. The Morgan fingerprint density at radius 1 is 1.13 bits per heavy atom. The average molecular weight is 358 g/mol. The van der Waals surface area contributed by atoms with Gasteiger partial charge in [-0.1, -0.05) is 6.07 Å². The number of hydrogen-bond acceptors (Lipinski definition) is 8. The third-order valence-corrected chi connectivity index (χ3v) is 2.78. The minimum atomic E-state index is -5.05. The van der Waals surface area contributed by atoms with Gasteiger partial charge in [0.05, 0.1) is 17.2 Å². The van der Waals surface area contributed by atoms with Crippen LogP contribution in [0.5, 0.6) is 0 Å². The minimum Gasteiger partial charge on any atom is -1.00 e. The maximum absolute atomic E-state index is 11.8. The number of ether oxygens (including phenoxy) is 1. The molecule has 2 unspecified atom stereocenters. The van der Waals surface area contributed by atoms with Crippen LogP contribution in [0, 0.1) is 0 Å². The predicted molar refractivity (Wildman–Crippen MR) is 72.2 cm³/mol. The van der Waals surface area contributed by atoms with Crippen LogP contribution in [0.2, 0.25) is 0 Å². The molecule has 0 amide bonds. The van der Waals surface area contributed by atoms with Crippen LogP contribution in [0.1, 0.15) is 47.7 Å². The van der Waals surface area contributed by atoms with Gasteiger partial charge in [-0.3, -0.25) is 4.55 Å². The topological polar surface area (TPSA) is 147 Å². The normalized spacial score (nSPS) is 13.4. The molecule has 1 aromatic carbocycles. The summed E-state index contributed by atoms with van der Waals surface area (Å²) in [7, 11) is -5.05. The number of rotatable bonds is 5. The Hall–Kier alpha value is -1.01. The molecule has 0 aliphatic rings. The van der Waals surface area contributed by atoms with Crippen molar-refractivity contribution in [2.45, 2.75) is 26.2 Å². The number of carbonyl (C=O) groups is 2. The van der Waals surface area contributed by atoms with Gasteiger partial charge in [0.15, 0.2) is 6.29 Å². The molecule has 0 radical (unpaired) electrons. The number of aliphatic hydroxyl groups is 2. The van der Waals surface area contributed by atoms with Crippen LogP contribution in [-0.4, -0.2) is 41.4 Å². The summed E-state index contributed by atoms with van der Waals surface area (Å²) < 4.78 is 38.0. The molecule has 2 atom stereocenters. The molecule has 3 N–H and O–H groups in total. The largest absolute Gasteiger partial charge is 1.00 e. The first kappa shape index (κ1) is 22.0. The van der Waals surface area contributed by atoms with Crippen molar-refractivity contribution in [3.8, 4) is 0 Å². The molecule has 0 aromatic heterocycles. The third kappa shape index (κ3) is 6.55. The van der Waals surface area contributed by atoms with Crippen LogP contribution in [-0.2, 0) is 19.3 Å². The molecule has 0 bridgehead atoms. The second kappa shape index (κ2) is 8.73. The van der Waals surface area contributed by atoms with Gasteiger partial charge in [0, 0.05) is 5.56 Å². The van der Waals surface area contributed by atoms with Gasteiger partial charge >= 0.3 is 51.9 Å². The fourth-order valence-electron chi connectivity index (χ4n) is 1.73. The zero-order chi connectivity index (χ0) is 17.1. The maximum Gasteiger partial charge on any atom is 1.00 e. The molecule has 0 aliphatic heterocycles. The Morgan fingerprint density at radius 2 is 1.61 bits per heavy atom. The molecule has 0 spiro atoms. The zero-order valence-electron chi connectivity index (χ0n) is 13.6. The predicted octanol–water partition coefficient (Wildman–Crippen LogP) is -2.69. The number of hydrogen-bond donors (Lipinski definition) is 3. The molecule has 1 aromatic rings. The Morgan fingerprint density at radius 3 is 2.00 bits per heavy atom. The molecule has 9 nitrogen and oxygen atoms in total. The molecule has 0 heterocycles. The molecule has 124 valence electrons. The van der Waals surface area contributed by atoms with Crippen molar-refractivity contribution in [1.82, 2.24) is 0 Å². The van der Waals surface area contributed by atoms with Crippen molar-refractivity contribution < 1.29 is 72.7 Å². The fraction of sp³-hybridized carbons (Fsp3) is 0.333. The van der Waals surface area contributed by atoms with Crippen molar-refractivity contribution in [2.24, 2.45) is 0 Å². The summed E-state index contributed by atoms with van der Waals surface area (Å²) in [6.45, 7) is 2.40. The molecule has 11 heteroatoms. The van der Waals surface area contributed by atoms with E-state index in [-0.39, 0.29) is 42.1 Å². The van der Waals surface area contributed by atoms with Gasteiger partial charge < -0.3 is 20.6 Å². The van der Waals surface area contributed by atoms with E-state index in [1.165, 1.54) is 26.0 Å². The minimum absolute atomic E-state index is 0. The van der Waals surface area contributed by atoms with Crippen LogP contribution in [0.3, 0.4) is 0 Å². The molecule has 0 aliphatic carbocycles. The van der Waals surface area contributed by atoms with Crippen molar-refractivity contribution >= 4 is 22.3 Å². The number of aliphatic hydroxyl groups excluding tert-OH is 2. The van der Waals surface area contributed by atoms with Gasteiger partial charge in [0.25, 0.3) is 0 Å². The van der Waals surface area contributed by atoms with Crippen LogP contribution in [0.4, 0.5) is 0 Å². The summed E-state index contributed by atoms with van der Waals surface area (Å²) in [5.74, 6) is -2.52. The van der Waals surface area contributed by atoms with Crippen molar-refractivity contribution in [3.05, 3.63) is 34.9 Å². The van der Waals surface area contributed by atoms with Crippen molar-refractivity contribution in [3.63, 3.8) is 0 Å². The summed E-state index contributed by atoms with van der Waals surface area (Å²) in [5, 5.41) is 18.8. The molecule has 0 fully saturated rings. The van der Waals surface area contributed by atoms with E-state index in [0.717, 1.165) is 6.07 Å². The zero-order valence-corrected chi connectivity index (χ0v) is 15.4. The van der Waals surface area contributed by atoms with Crippen molar-refractivity contribution in [1.29, 1.82) is 0 Å². The van der Waals surface area contributed by atoms with E-state index in [4.69, 9.17) is 9.66 Å². The summed E-state index contributed by atoms with van der Waals surface area (Å²) >= 11 is 0. The first-order chi connectivity index (χ1) is 10.0. The smallest absolute Gasteiger partial charge is 1.00 e. The summed E-state index contributed by atoms with van der Waals surface area (Å²) in [5.41, 5.74) is -0.977. The second-order valence-electron chi connectivity index (χ2n) is 4.25. The summed E-state index contributed by atoms with van der Waals surface area (Å²) in [6.07, 6.45) is -2.79. The Kier molecular flexibility index (Phi) is 8.35. The van der Waals surface area contributed by atoms with Gasteiger partial charge in [-0.05, 0) is 26.0 Å². The van der Waals surface area contributed by atoms with Gasteiger partial charge in [-0.15, -0.1) is 0 Å². The van der Waals surface area contributed by atoms with E-state index in [1.54, 1.807) is 0 Å². The maximum atomic E-state index is 11.8. The Balaban J connectivity index is 0. The van der Waals surface area contributed by atoms with Gasteiger partial charge in [-0.25, -0.2) is 9.59 Å². The van der Waals surface area contributed by atoms with Crippen LogP contribution in [0.25, 0.3) is 0 Å². The molecule has 1 rings (SSSR count). The van der Waals surface area contributed by atoms with E-state index < -0.39 is 40.3 Å². The standard InChI is InChI=1S/C12H14O9S.Na.H/c1-6(13)10-8(11(15)20-7(2)14)4-3-5-9(10)12(16)21-22(17,18)19;;/h3-7,13-14H,1-2H3,(H,17,18,19);;/q;+1;-1. The van der Waals surface area contributed by atoms with Crippen LogP contribution >= 0.6 is 0 Å². The first-order valence-electron chi connectivity index (χ1n) is 5.94. The van der Waals surface area contributed by atoms with Crippen LogP contribution in [0.15, 0.2) is 18.2 Å². The summed E-state index contributed by atoms with van der Waals surface area (Å²) in [6, 6.07) is 3.51. The van der Waals surface area contributed by atoms with Gasteiger partial charge in [-0.2, -0.15) is 8.42 Å². The number of carbonyl (C=O) groups excluding carboxylic acids is 2. The SMILES string of the molecule is CC(O)OC(=O)c1cccc(C(=O)OS(=O)(=O)O)c1C(C)O.[H-].[Na+]. The van der Waals surface area contributed by atoms with E-state index in [9.17, 15) is 23.1 Å². The second-order valence-corrected chi connectivity index (χ2v) is 5.27. The van der Waals surface area contributed by atoms with Crippen LogP contribution < -0.4 is 29.6 Å². The molecular weight excluding hydrogens is 343 g/mol. The fourth-order valence-corrected chi connectivity index (χ4v) is 2.01. The summed E-state index contributed by atoms with van der Waals surface area (Å²) in [4.78, 5) is 23.5. The van der Waals surface area contributed by atoms with E-state index in [1.807, 2.05) is 0 Å². The average Bonchev–Trinajstić information content (AvgIpc) is 2.34.